The Hall–Kier alpha value is -2.51. The summed E-state index contributed by atoms with van der Waals surface area (Å²) >= 11 is 6.10. The van der Waals surface area contributed by atoms with Crippen LogP contribution < -0.4 is 15.4 Å². The number of hydrogen-bond donors (Lipinski definition) is 2. The topological polar surface area (TPSA) is 89.2 Å². The Morgan fingerprint density at radius 1 is 1.43 bits per heavy atom. The number of allylic oxidation sites excluding steroid dienone is 3. The van der Waals surface area contributed by atoms with Crippen molar-refractivity contribution in [3.8, 4) is 5.75 Å². The van der Waals surface area contributed by atoms with Gasteiger partial charge >= 0.3 is 6.09 Å². The molecule has 0 bridgehead atoms. The van der Waals surface area contributed by atoms with E-state index in [1.54, 1.807) is 14.2 Å². The Bertz CT molecular complexity index is 978. The molecule has 35 heavy (non-hydrogen) atoms. The molecule has 8 heteroatoms. The minimum absolute atomic E-state index is 0.00468. The number of carbonyl (C=O) groups excluding carboxylic acids is 2. The van der Waals surface area contributed by atoms with Crippen LogP contribution in [0.25, 0.3) is 0 Å². The highest BCUT2D eigenvalue weighted by Crippen LogP contribution is 2.46. The highest BCUT2D eigenvalue weighted by atomic mass is 35.5. The molecule has 2 fully saturated rings. The third kappa shape index (κ3) is 7.48. The van der Waals surface area contributed by atoms with Gasteiger partial charge in [0.15, 0.2) is 0 Å². The maximum Gasteiger partial charge on any atom is 0.407 e. The number of alkyl carbamates (subject to hydrolysis) is 1. The van der Waals surface area contributed by atoms with E-state index in [2.05, 4.69) is 36.6 Å². The summed E-state index contributed by atoms with van der Waals surface area (Å²) in [5.41, 5.74) is 2.00. The predicted molar refractivity (Wildman–Crippen MR) is 137 cm³/mol. The first-order valence-electron chi connectivity index (χ1n) is 12.2. The van der Waals surface area contributed by atoms with Crippen LogP contribution in [0.2, 0.25) is 5.02 Å². The second-order valence-electron chi connectivity index (χ2n) is 9.73. The summed E-state index contributed by atoms with van der Waals surface area (Å²) in [6, 6.07) is 5.80. The lowest BCUT2D eigenvalue weighted by molar-refractivity contribution is -0.120. The highest BCUT2D eigenvalue weighted by molar-refractivity contribution is 6.32. The second-order valence-corrected chi connectivity index (χ2v) is 10.1. The van der Waals surface area contributed by atoms with Gasteiger partial charge in [-0.1, -0.05) is 48.4 Å². The van der Waals surface area contributed by atoms with E-state index in [1.165, 1.54) is 5.57 Å². The number of nitrogens with one attached hydrogen (secondary N) is 2. The van der Waals surface area contributed by atoms with Gasteiger partial charge in [-0.2, -0.15) is 0 Å². The molecule has 7 nitrogen and oxygen atoms in total. The zero-order valence-corrected chi connectivity index (χ0v) is 22.0. The van der Waals surface area contributed by atoms with Crippen LogP contribution in [0.3, 0.4) is 0 Å². The molecule has 0 aromatic heterocycles. The third-order valence-electron chi connectivity index (χ3n) is 6.87. The van der Waals surface area contributed by atoms with Crippen molar-refractivity contribution < 1.29 is 23.8 Å². The summed E-state index contributed by atoms with van der Waals surface area (Å²) in [6.45, 7) is 6.16. The van der Waals surface area contributed by atoms with Crippen LogP contribution in [0.5, 0.6) is 5.75 Å². The van der Waals surface area contributed by atoms with E-state index in [4.69, 9.17) is 25.8 Å². The Morgan fingerprint density at radius 3 is 2.91 bits per heavy atom. The van der Waals surface area contributed by atoms with E-state index < -0.39 is 0 Å². The lowest BCUT2D eigenvalue weighted by atomic mass is 9.86. The lowest BCUT2D eigenvalue weighted by Crippen LogP contribution is -2.48. The minimum atomic E-state index is -0.386. The number of rotatable bonds is 11. The molecule has 2 saturated heterocycles. The Kier molecular flexibility index (Phi) is 9.25. The van der Waals surface area contributed by atoms with Gasteiger partial charge in [0.1, 0.15) is 11.9 Å². The van der Waals surface area contributed by atoms with Crippen LogP contribution in [0, 0.1) is 5.92 Å². The van der Waals surface area contributed by atoms with Crippen LogP contribution >= 0.6 is 11.6 Å². The first-order valence-corrected chi connectivity index (χ1v) is 12.5. The van der Waals surface area contributed by atoms with Crippen molar-refractivity contribution in [1.29, 1.82) is 0 Å². The van der Waals surface area contributed by atoms with Crippen LogP contribution in [-0.4, -0.2) is 50.0 Å². The molecule has 0 saturated carbocycles. The summed E-state index contributed by atoms with van der Waals surface area (Å²) in [5.74, 6) is 0.737. The van der Waals surface area contributed by atoms with Crippen molar-refractivity contribution >= 4 is 23.6 Å². The SMILES string of the molecule is CNC(=O)CC[C@]1(C)OC1[C@H](C)C1CC(C/C=C/C=C(\C)Cc2ccc(Cl)c(OC)c2)NC(=O)O1. The monoisotopic (exact) mass is 504 g/mol. The van der Waals surface area contributed by atoms with Gasteiger partial charge in [0, 0.05) is 31.8 Å². The average molecular weight is 505 g/mol. The number of halogens is 1. The molecule has 2 amide bonds. The fourth-order valence-corrected chi connectivity index (χ4v) is 4.87. The number of amides is 2. The van der Waals surface area contributed by atoms with Crippen LogP contribution in [0.1, 0.15) is 52.0 Å². The molecular weight excluding hydrogens is 468 g/mol. The maximum absolute atomic E-state index is 12.2. The molecule has 2 heterocycles. The molecule has 2 aliphatic rings. The normalized spacial score (nSPS) is 27.2. The first kappa shape index (κ1) is 27.1. The summed E-state index contributed by atoms with van der Waals surface area (Å²) in [7, 11) is 3.25. The molecule has 0 spiro atoms. The second kappa shape index (κ2) is 12.0. The van der Waals surface area contributed by atoms with Gasteiger partial charge in [0.25, 0.3) is 0 Å². The van der Waals surface area contributed by atoms with Crippen molar-refractivity contribution in [3.63, 3.8) is 0 Å². The number of cyclic esters (lactones) is 1. The summed E-state index contributed by atoms with van der Waals surface area (Å²) < 4.78 is 16.8. The van der Waals surface area contributed by atoms with E-state index in [-0.39, 0.29) is 41.8 Å². The van der Waals surface area contributed by atoms with Crippen LogP contribution in [0.15, 0.2) is 42.0 Å². The number of ether oxygens (including phenoxy) is 3. The van der Waals surface area contributed by atoms with E-state index in [0.29, 0.717) is 23.6 Å². The number of epoxide rings is 1. The van der Waals surface area contributed by atoms with Crippen molar-refractivity contribution in [2.24, 2.45) is 5.92 Å². The zero-order valence-electron chi connectivity index (χ0n) is 21.2. The number of benzene rings is 1. The molecule has 3 rings (SSSR count). The smallest absolute Gasteiger partial charge is 0.407 e. The maximum atomic E-state index is 12.2. The molecule has 1 aromatic rings. The van der Waals surface area contributed by atoms with E-state index in [0.717, 1.165) is 24.8 Å². The molecular formula is C27H37ClN2O5. The van der Waals surface area contributed by atoms with Gasteiger partial charge in [-0.3, -0.25) is 4.79 Å². The molecule has 5 atom stereocenters. The summed E-state index contributed by atoms with van der Waals surface area (Å²) in [4.78, 5) is 23.8. The fraction of sp³-hybridized carbons (Fsp3) is 0.556. The molecule has 192 valence electrons. The molecule has 3 unspecified atom stereocenters. The summed E-state index contributed by atoms with van der Waals surface area (Å²) in [5, 5.41) is 6.17. The number of carbonyl (C=O) groups is 2. The standard InChI is InChI=1S/C27H37ClN2O5/c1-17(14-19-10-11-21(28)23(15-19)33-5)8-6-7-9-20-16-22(34-26(32)30-20)18(2)25-27(3,35-25)13-12-24(31)29-4/h6-8,10-11,15,18,20,22,25H,9,12-14,16H2,1-5H3,(H,29,31)(H,30,32)/b7-6+,17-8+/t18-,20?,22?,25?,27+/m1/s1. The predicted octanol–water partition coefficient (Wildman–Crippen LogP) is 4.97. The lowest BCUT2D eigenvalue weighted by Gasteiger charge is -2.33. The van der Waals surface area contributed by atoms with E-state index >= 15 is 0 Å². The van der Waals surface area contributed by atoms with Gasteiger partial charge in [0.05, 0.1) is 23.8 Å². The van der Waals surface area contributed by atoms with Crippen molar-refractivity contribution in [2.75, 3.05) is 14.2 Å². The molecule has 2 N–H and O–H groups in total. The average Bonchev–Trinajstić information content (AvgIpc) is 3.52. The van der Waals surface area contributed by atoms with Crippen LogP contribution in [-0.2, 0) is 20.7 Å². The van der Waals surface area contributed by atoms with Crippen molar-refractivity contribution in [2.45, 2.75) is 76.7 Å². The third-order valence-corrected chi connectivity index (χ3v) is 7.18. The molecule has 2 aliphatic heterocycles. The molecule has 1 aromatic carbocycles. The summed E-state index contributed by atoms with van der Waals surface area (Å²) in [6.07, 6.45) is 8.88. The first-order chi connectivity index (χ1) is 16.6. The van der Waals surface area contributed by atoms with Gasteiger partial charge in [-0.05, 0) is 50.8 Å². The largest absolute Gasteiger partial charge is 0.495 e. The van der Waals surface area contributed by atoms with E-state index in [9.17, 15) is 9.59 Å². The Morgan fingerprint density at radius 2 is 2.20 bits per heavy atom. The van der Waals surface area contributed by atoms with Gasteiger partial charge in [0.2, 0.25) is 5.91 Å². The highest BCUT2D eigenvalue weighted by Gasteiger charge is 2.57. The fourth-order valence-electron chi connectivity index (χ4n) is 4.68. The minimum Gasteiger partial charge on any atom is -0.495 e. The van der Waals surface area contributed by atoms with E-state index in [1.807, 2.05) is 31.2 Å². The number of hydrogen-bond acceptors (Lipinski definition) is 5. The Labute approximate surface area is 213 Å². The van der Waals surface area contributed by atoms with Gasteiger partial charge < -0.3 is 24.8 Å². The van der Waals surface area contributed by atoms with Crippen molar-refractivity contribution in [3.05, 3.63) is 52.6 Å². The Balaban J connectivity index is 1.49. The molecule has 0 radical (unpaired) electrons. The van der Waals surface area contributed by atoms with Crippen molar-refractivity contribution in [1.82, 2.24) is 10.6 Å². The van der Waals surface area contributed by atoms with Gasteiger partial charge in [-0.25, -0.2) is 4.79 Å². The number of methoxy groups -OCH3 is 1. The van der Waals surface area contributed by atoms with Crippen LogP contribution in [0.4, 0.5) is 4.79 Å². The quantitative estimate of drug-likeness (QED) is 0.328. The molecule has 0 aliphatic carbocycles. The van der Waals surface area contributed by atoms with Gasteiger partial charge in [-0.15, -0.1) is 0 Å². The zero-order chi connectivity index (χ0) is 25.6.